The minimum absolute atomic E-state index is 0.251. The predicted molar refractivity (Wildman–Crippen MR) is 139 cm³/mol. The molecule has 0 aliphatic carbocycles. The lowest BCUT2D eigenvalue weighted by atomic mass is 10.0. The van der Waals surface area contributed by atoms with E-state index in [0.29, 0.717) is 5.57 Å². The van der Waals surface area contributed by atoms with Gasteiger partial charge < -0.3 is 19.7 Å². The molecule has 8 heteroatoms. The number of rotatable bonds is 6. The molecule has 0 spiro atoms. The van der Waals surface area contributed by atoms with Crippen molar-refractivity contribution in [3.8, 4) is 0 Å². The molecule has 2 aromatic carbocycles. The topological polar surface area (TPSA) is 84.9 Å². The molecule has 7 nitrogen and oxygen atoms in total. The van der Waals surface area contributed by atoms with Gasteiger partial charge in [0.25, 0.3) is 5.91 Å². The maximum Gasteiger partial charge on any atom is 0.408 e. The number of thioether (sulfide) groups is 1. The third kappa shape index (κ3) is 5.65. The van der Waals surface area contributed by atoms with Crippen LogP contribution in [0.25, 0.3) is 0 Å². The van der Waals surface area contributed by atoms with E-state index in [-0.39, 0.29) is 5.91 Å². The van der Waals surface area contributed by atoms with E-state index in [1.165, 1.54) is 16.7 Å². The van der Waals surface area contributed by atoms with Crippen LogP contribution < -0.4 is 5.32 Å². The number of carbonyl (C=O) groups excluding carboxylic acids is 3. The zero-order chi connectivity index (χ0) is 25.9. The highest BCUT2D eigenvalue weighted by Gasteiger charge is 2.53. The highest BCUT2D eigenvalue weighted by molar-refractivity contribution is 8.01. The van der Waals surface area contributed by atoms with E-state index in [1.807, 2.05) is 73.7 Å². The summed E-state index contributed by atoms with van der Waals surface area (Å²) in [7, 11) is 0. The van der Waals surface area contributed by atoms with Gasteiger partial charge in [-0.15, -0.1) is 11.8 Å². The lowest BCUT2D eigenvalue weighted by molar-refractivity contribution is -0.147. The fraction of sp³-hybridized carbons (Fsp3) is 0.321. The number of benzene rings is 2. The zero-order valence-corrected chi connectivity index (χ0v) is 21.5. The molecule has 0 saturated carbocycles. The van der Waals surface area contributed by atoms with E-state index < -0.39 is 40.4 Å². The van der Waals surface area contributed by atoms with Crippen LogP contribution in [0.15, 0.2) is 84.6 Å². The van der Waals surface area contributed by atoms with E-state index in [9.17, 15) is 14.4 Å². The Morgan fingerprint density at radius 3 is 2.14 bits per heavy atom. The molecule has 0 aromatic heterocycles. The van der Waals surface area contributed by atoms with Crippen molar-refractivity contribution in [1.29, 1.82) is 0 Å². The fourth-order valence-corrected chi connectivity index (χ4v) is 5.44. The Kier molecular flexibility index (Phi) is 7.54. The van der Waals surface area contributed by atoms with Crippen molar-refractivity contribution in [3.63, 3.8) is 0 Å². The van der Waals surface area contributed by atoms with Gasteiger partial charge in [-0.05, 0) is 44.4 Å². The van der Waals surface area contributed by atoms with Gasteiger partial charge in [-0.3, -0.25) is 9.59 Å². The van der Waals surface area contributed by atoms with Crippen LogP contribution in [0.3, 0.4) is 0 Å². The van der Waals surface area contributed by atoms with E-state index >= 15 is 0 Å². The average Bonchev–Trinajstić information content (AvgIpc) is 2.85. The second-order valence-corrected chi connectivity index (χ2v) is 10.8. The summed E-state index contributed by atoms with van der Waals surface area (Å²) < 4.78 is 11.4. The van der Waals surface area contributed by atoms with Gasteiger partial charge in [-0.25, -0.2) is 4.79 Å². The molecule has 36 heavy (non-hydrogen) atoms. The molecule has 1 fully saturated rings. The molecule has 188 valence electrons. The molecular weight excluding hydrogens is 476 g/mol. The minimum atomic E-state index is -0.789. The van der Waals surface area contributed by atoms with Crippen LogP contribution in [0.4, 0.5) is 4.79 Å². The Morgan fingerprint density at radius 1 is 1.03 bits per heavy atom. The maximum atomic E-state index is 13.6. The second-order valence-electron chi connectivity index (χ2n) is 9.54. The molecule has 0 bridgehead atoms. The quantitative estimate of drug-likeness (QED) is 0.441. The first-order valence-corrected chi connectivity index (χ1v) is 12.7. The number of allylic oxidation sites excluding steroid dienone is 2. The summed E-state index contributed by atoms with van der Waals surface area (Å²) in [6.45, 7) is 7.11. The SMILES string of the molecule is C/C=C\C1=CN2C(=O)C(NC(=O)OC(C)(C)C)[C@H]2SC1C(=O)OC(c1ccccc1)c1ccccc1. The van der Waals surface area contributed by atoms with Gasteiger partial charge in [0.05, 0.1) is 0 Å². The number of hydrogen-bond acceptors (Lipinski definition) is 6. The van der Waals surface area contributed by atoms with Crippen molar-refractivity contribution >= 4 is 29.7 Å². The van der Waals surface area contributed by atoms with Crippen LogP contribution in [-0.2, 0) is 19.1 Å². The standard InChI is InChI=1S/C28H30N2O5S/c1-5-12-20-17-30-24(31)21(29-27(33)35-28(2,3)4)25(30)36-23(20)26(32)34-22(18-13-8-6-9-14-18)19-15-10-7-11-16-19/h5-17,21-23,25H,1-4H3,(H,29,33)/b12-5-/t21?,23?,25-/m1/s1. The lowest BCUT2D eigenvalue weighted by Gasteiger charge is -2.48. The number of ether oxygens (including phenoxy) is 2. The largest absolute Gasteiger partial charge is 0.451 e. The third-order valence-corrected chi connectivity index (χ3v) is 7.15. The summed E-state index contributed by atoms with van der Waals surface area (Å²) in [4.78, 5) is 40.1. The van der Waals surface area contributed by atoms with Crippen molar-refractivity contribution in [3.05, 3.63) is 95.7 Å². The van der Waals surface area contributed by atoms with Gasteiger partial charge in [0.2, 0.25) is 0 Å². The smallest absolute Gasteiger partial charge is 0.408 e. The van der Waals surface area contributed by atoms with Crippen molar-refractivity contribution in [1.82, 2.24) is 10.2 Å². The highest BCUT2D eigenvalue weighted by Crippen LogP contribution is 2.42. The van der Waals surface area contributed by atoms with Crippen LogP contribution in [0.2, 0.25) is 0 Å². The van der Waals surface area contributed by atoms with Gasteiger partial charge in [0, 0.05) is 6.20 Å². The van der Waals surface area contributed by atoms with Crippen molar-refractivity contribution in [2.75, 3.05) is 0 Å². The fourth-order valence-electron chi connectivity index (χ4n) is 4.06. The van der Waals surface area contributed by atoms with E-state index in [0.717, 1.165) is 11.1 Å². The molecule has 1 N–H and O–H groups in total. The molecule has 2 aliphatic heterocycles. The molecule has 4 rings (SSSR count). The van der Waals surface area contributed by atoms with Crippen LogP contribution in [0.5, 0.6) is 0 Å². The Hall–Kier alpha value is -3.52. The molecule has 2 aromatic rings. The zero-order valence-electron chi connectivity index (χ0n) is 20.7. The third-order valence-electron chi connectivity index (χ3n) is 5.63. The van der Waals surface area contributed by atoms with Gasteiger partial charge in [0.15, 0.2) is 6.10 Å². The number of carbonyl (C=O) groups is 3. The first kappa shape index (κ1) is 25.6. The lowest BCUT2D eigenvalue weighted by Crippen LogP contribution is -2.69. The molecule has 2 heterocycles. The molecule has 3 atom stereocenters. The summed E-state index contributed by atoms with van der Waals surface area (Å²) in [5, 5.41) is 1.53. The van der Waals surface area contributed by atoms with E-state index in [1.54, 1.807) is 33.0 Å². The number of hydrogen-bond donors (Lipinski definition) is 1. The van der Waals surface area contributed by atoms with Crippen LogP contribution in [0, 0.1) is 0 Å². The van der Waals surface area contributed by atoms with Crippen LogP contribution in [0.1, 0.15) is 44.9 Å². The Balaban J connectivity index is 1.56. The number of esters is 1. The van der Waals surface area contributed by atoms with Crippen LogP contribution in [-0.4, -0.2) is 45.1 Å². The molecule has 0 radical (unpaired) electrons. The Morgan fingerprint density at radius 2 is 1.61 bits per heavy atom. The van der Waals surface area contributed by atoms with Gasteiger partial charge in [-0.2, -0.15) is 0 Å². The highest BCUT2D eigenvalue weighted by atomic mass is 32.2. The van der Waals surface area contributed by atoms with Crippen LogP contribution >= 0.6 is 11.8 Å². The summed E-state index contributed by atoms with van der Waals surface area (Å²) >= 11 is 1.28. The number of amides is 2. The maximum absolute atomic E-state index is 13.6. The number of nitrogens with one attached hydrogen (secondary N) is 1. The first-order valence-electron chi connectivity index (χ1n) is 11.8. The molecule has 1 saturated heterocycles. The predicted octanol–water partition coefficient (Wildman–Crippen LogP) is 4.96. The molecule has 2 amide bonds. The number of fused-ring (bicyclic) bond motifs is 1. The molecular formula is C28H30N2O5S. The number of alkyl carbamates (subject to hydrolysis) is 1. The number of β-lactam (4-membered cyclic amide) rings is 1. The van der Waals surface area contributed by atoms with Gasteiger partial charge >= 0.3 is 12.1 Å². The Bertz CT molecular complexity index is 1130. The second kappa shape index (κ2) is 10.6. The van der Waals surface area contributed by atoms with E-state index in [2.05, 4.69) is 5.32 Å². The monoisotopic (exact) mass is 506 g/mol. The molecule has 2 unspecified atom stereocenters. The van der Waals surface area contributed by atoms with Crippen molar-refractivity contribution in [2.24, 2.45) is 0 Å². The summed E-state index contributed by atoms with van der Waals surface area (Å²) in [6, 6.07) is 18.4. The minimum Gasteiger partial charge on any atom is -0.451 e. The molecule has 2 aliphatic rings. The number of nitrogens with zero attached hydrogens (tertiary/aromatic N) is 1. The average molecular weight is 507 g/mol. The normalized spacial score (nSPS) is 21.5. The van der Waals surface area contributed by atoms with E-state index in [4.69, 9.17) is 9.47 Å². The summed E-state index contributed by atoms with van der Waals surface area (Å²) in [6.07, 6.45) is 4.04. The summed E-state index contributed by atoms with van der Waals surface area (Å²) in [5.41, 5.74) is 1.69. The summed E-state index contributed by atoms with van der Waals surface area (Å²) in [5.74, 6) is -0.671. The van der Waals surface area contributed by atoms with Gasteiger partial charge in [-0.1, -0.05) is 72.8 Å². The van der Waals surface area contributed by atoms with Crippen molar-refractivity contribution in [2.45, 2.75) is 56.1 Å². The Labute approximate surface area is 215 Å². The first-order chi connectivity index (χ1) is 17.2. The van der Waals surface area contributed by atoms with Crippen molar-refractivity contribution < 1.29 is 23.9 Å². The van der Waals surface area contributed by atoms with Gasteiger partial charge in [0.1, 0.15) is 22.3 Å².